The van der Waals surface area contributed by atoms with Gasteiger partial charge in [0.15, 0.2) is 0 Å². The van der Waals surface area contributed by atoms with Gasteiger partial charge in [-0.1, -0.05) is 6.07 Å². The molecule has 2 aliphatic rings. The first-order chi connectivity index (χ1) is 15.6. The van der Waals surface area contributed by atoms with Crippen LogP contribution in [0, 0.1) is 5.41 Å². The molecule has 1 aliphatic heterocycles. The molecule has 5 heterocycles. The van der Waals surface area contributed by atoms with E-state index in [1.807, 2.05) is 43.0 Å². The average molecular weight is 446 g/mol. The molecule has 1 saturated heterocycles. The molecule has 1 saturated carbocycles. The Labute approximate surface area is 189 Å². The van der Waals surface area contributed by atoms with E-state index in [1.54, 1.807) is 16.0 Å². The van der Waals surface area contributed by atoms with E-state index in [0.717, 1.165) is 58.8 Å². The lowest BCUT2D eigenvalue weighted by molar-refractivity contribution is -0.165. The van der Waals surface area contributed by atoms with Crippen LogP contribution in [-0.2, 0) is 18.2 Å². The second kappa shape index (κ2) is 7.50. The van der Waals surface area contributed by atoms with Crippen molar-refractivity contribution in [2.75, 3.05) is 13.2 Å². The van der Waals surface area contributed by atoms with Crippen LogP contribution in [0.15, 0.2) is 48.1 Å². The third-order valence-electron chi connectivity index (χ3n) is 6.46. The zero-order valence-corrected chi connectivity index (χ0v) is 18.6. The number of fused-ring (bicyclic) bond motifs is 1. The number of amides is 1. The minimum Gasteiger partial charge on any atom is -0.380 e. The maximum absolute atomic E-state index is 12.9. The lowest BCUT2D eigenvalue weighted by atomic mass is 9.64. The zero-order valence-electron chi connectivity index (χ0n) is 17.7. The van der Waals surface area contributed by atoms with Crippen LogP contribution in [0.5, 0.6) is 0 Å². The first-order valence-electron chi connectivity index (χ1n) is 10.8. The van der Waals surface area contributed by atoms with Gasteiger partial charge >= 0.3 is 0 Å². The Balaban J connectivity index is 1.22. The Hall–Kier alpha value is -3.10. The van der Waals surface area contributed by atoms with Crippen LogP contribution in [0.1, 0.15) is 34.5 Å². The standard InChI is InChI=1S/C24H23N5O2S/c1-29-6-4-20(28-29)19-3-2-15(12-25-19)8-16-9-21(27-23-18(16)5-7-32-23)22(30)26-17-10-24(11-17)13-31-14-24/h2-7,9,12,17H,8,10-11,13-14H2,1H3,(H,26,30). The maximum atomic E-state index is 12.9. The second-order valence-electron chi connectivity index (χ2n) is 8.98. The molecule has 162 valence electrons. The lowest BCUT2D eigenvalue weighted by Crippen LogP contribution is -2.59. The van der Waals surface area contributed by atoms with Crippen molar-refractivity contribution in [2.45, 2.75) is 25.3 Å². The van der Waals surface area contributed by atoms with Crippen molar-refractivity contribution < 1.29 is 9.53 Å². The molecule has 32 heavy (non-hydrogen) atoms. The summed E-state index contributed by atoms with van der Waals surface area (Å²) in [6.07, 6.45) is 6.49. The van der Waals surface area contributed by atoms with E-state index >= 15 is 0 Å². The number of hydrogen-bond donors (Lipinski definition) is 1. The molecule has 0 radical (unpaired) electrons. The highest BCUT2D eigenvalue weighted by Gasteiger charge is 2.50. The Morgan fingerprint density at radius 1 is 1.25 bits per heavy atom. The SMILES string of the molecule is Cn1ccc(-c2ccc(Cc3cc(C(=O)NC4CC5(COC5)C4)nc4sccc34)cn2)n1. The van der Waals surface area contributed by atoms with Gasteiger partial charge in [-0.3, -0.25) is 14.5 Å². The molecule has 4 aromatic heterocycles. The Kier molecular flexibility index (Phi) is 4.58. The molecule has 1 spiro atoms. The predicted octanol–water partition coefficient (Wildman–Crippen LogP) is 3.59. The van der Waals surface area contributed by atoms with Gasteiger partial charge in [-0.05, 0) is 60.0 Å². The van der Waals surface area contributed by atoms with Gasteiger partial charge in [-0.15, -0.1) is 11.3 Å². The number of pyridine rings is 2. The van der Waals surface area contributed by atoms with E-state index in [1.165, 1.54) is 0 Å². The number of hydrogen-bond acceptors (Lipinski definition) is 6. The quantitative estimate of drug-likeness (QED) is 0.508. The fraction of sp³-hybridized carbons (Fsp3) is 0.333. The molecule has 7 nitrogen and oxygen atoms in total. The Bertz CT molecular complexity index is 1300. The summed E-state index contributed by atoms with van der Waals surface area (Å²) >= 11 is 1.56. The van der Waals surface area contributed by atoms with Crippen molar-refractivity contribution in [1.29, 1.82) is 0 Å². The Morgan fingerprint density at radius 3 is 2.81 bits per heavy atom. The summed E-state index contributed by atoms with van der Waals surface area (Å²) in [6.45, 7) is 1.66. The highest BCUT2D eigenvalue weighted by atomic mass is 32.1. The number of rotatable bonds is 5. The van der Waals surface area contributed by atoms with Gasteiger partial charge in [0.25, 0.3) is 5.91 Å². The molecule has 0 unspecified atom stereocenters. The number of ether oxygens (including phenoxy) is 1. The molecule has 0 atom stereocenters. The van der Waals surface area contributed by atoms with Crippen molar-refractivity contribution in [3.05, 3.63) is 64.9 Å². The number of nitrogens with one attached hydrogen (secondary N) is 1. The summed E-state index contributed by atoms with van der Waals surface area (Å²) < 4.78 is 7.10. The van der Waals surface area contributed by atoms with Gasteiger partial charge in [0.05, 0.1) is 18.9 Å². The smallest absolute Gasteiger partial charge is 0.270 e. The minimum absolute atomic E-state index is 0.0923. The number of thiophene rings is 1. The molecule has 6 rings (SSSR count). The molecule has 0 bridgehead atoms. The van der Waals surface area contributed by atoms with Gasteiger partial charge < -0.3 is 10.1 Å². The molecule has 4 aromatic rings. The van der Waals surface area contributed by atoms with Gasteiger partial charge in [0.1, 0.15) is 16.2 Å². The molecule has 1 aliphatic carbocycles. The van der Waals surface area contributed by atoms with E-state index in [0.29, 0.717) is 17.5 Å². The van der Waals surface area contributed by atoms with E-state index in [2.05, 4.69) is 32.5 Å². The molecule has 8 heteroatoms. The summed E-state index contributed by atoms with van der Waals surface area (Å²) in [4.78, 5) is 23.0. The first-order valence-corrected chi connectivity index (χ1v) is 11.7. The average Bonchev–Trinajstić information content (AvgIpc) is 3.38. The fourth-order valence-corrected chi connectivity index (χ4v) is 5.52. The Morgan fingerprint density at radius 2 is 2.12 bits per heavy atom. The van der Waals surface area contributed by atoms with E-state index in [9.17, 15) is 4.79 Å². The second-order valence-corrected chi connectivity index (χ2v) is 9.88. The molecule has 0 aromatic carbocycles. The predicted molar refractivity (Wildman–Crippen MR) is 123 cm³/mol. The van der Waals surface area contributed by atoms with Crippen LogP contribution in [0.25, 0.3) is 21.6 Å². The molecule has 1 amide bonds. The van der Waals surface area contributed by atoms with Gasteiger partial charge in [0, 0.05) is 36.3 Å². The third kappa shape index (κ3) is 3.49. The largest absolute Gasteiger partial charge is 0.380 e. The summed E-state index contributed by atoms with van der Waals surface area (Å²) in [5, 5.41) is 10.7. The molecular weight excluding hydrogens is 422 g/mol. The van der Waals surface area contributed by atoms with Crippen LogP contribution in [0.3, 0.4) is 0 Å². The maximum Gasteiger partial charge on any atom is 0.270 e. The van der Waals surface area contributed by atoms with Gasteiger partial charge in [-0.2, -0.15) is 5.10 Å². The van der Waals surface area contributed by atoms with Crippen molar-refractivity contribution >= 4 is 27.5 Å². The van der Waals surface area contributed by atoms with E-state index < -0.39 is 0 Å². The number of nitrogens with zero attached hydrogens (tertiary/aromatic N) is 4. The highest BCUT2D eigenvalue weighted by Crippen LogP contribution is 2.46. The number of aromatic nitrogens is 4. The van der Waals surface area contributed by atoms with Crippen LogP contribution < -0.4 is 5.32 Å². The molecular formula is C24H23N5O2S. The van der Waals surface area contributed by atoms with Crippen molar-refractivity contribution in [2.24, 2.45) is 12.5 Å². The summed E-state index contributed by atoms with van der Waals surface area (Å²) in [5.41, 5.74) is 4.68. The summed E-state index contributed by atoms with van der Waals surface area (Å²) in [5.74, 6) is -0.0923. The lowest BCUT2D eigenvalue weighted by Gasteiger charge is -2.53. The fourth-order valence-electron chi connectivity index (χ4n) is 4.70. The number of carbonyl (C=O) groups excluding carboxylic acids is 1. The van der Waals surface area contributed by atoms with Crippen molar-refractivity contribution in [1.82, 2.24) is 25.1 Å². The topological polar surface area (TPSA) is 81.9 Å². The van der Waals surface area contributed by atoms with Gasteiger partial charge in [0.2, 0.25) is 0 Å². The highest BCUT2D eigenvalue weighted by molar-refractivity contribution is 7.16. The van der Waals surface area contributed by atoms with Gasteiger partial charge in [-0.25, -0.2) is 4.98 Å². The van der Waals surface area contributed by atoms with Crippen LogP contribution in [-0.4, -0.2) is 44.9 Å². The van der Waals surface area contributed by atoms with E-state index in [-0.39, 0.29) is 11.9 Å². The third-order valence-corrected chi connectivity index (χ3v) is 7.27. The van der Waals surface area contributed by atoms with Crippen molar-refractivity contribution in [3.8, 4) is 11.4 Å². The minimum atomic E-state index is -0.0923. The van der Waals surface area contributed by atoms with Crippen LogP contribution in [0.4, 0.5) is 0 Å². The normalized spacial score (nSPS) is 17.3. The molecule has 2 fully saturated rings. The summed E-state index contributed by atoms with van der Waals surface area (Å²) in [7, 11) is 1.89. The molecule has 1 N–H and O–H groups in total. The monoisotopic (exact) mass is 445 g/mol. The van der Waals surface area contributed by atoms with Crippen molar-refractivity contribution in [3.63, 3.8) is 0 Å². The van der Waals surface area contributed by atoms with Crippen LogP contribution in [0.2, 0.25) is 0 Å². The van der Waals surface area contributed by atoms with Crippen LogP contribution >= 0.6 is 11.3 Å². The zero-order chi connectivity index (χ0) is 21.7. The van der Waals surface area contributed by atoms with E-state index in [4.69, 9.17) is 4.74 Å². The number of aryl methyl sites for hydroxylation is 1. The summed E-state index contributed by atoms with van der Waals surface area (Å²) in [6, 6.07) is 10.2. The first kappa shape index (κ1) is 19.6. The number of carbonyl (C=O) groups is 1.